The molecule has 0 aliphatic rings. The molecular formula is C15H19NO3. The summed E-state index contributed by atoms with van der Waals surface area (Å²) in [4.78, 5) is 22.7. The van der Waals surface area contributed by atoms with Gasteiger partial charge in [0, 0.05) is 5.56 Å². The summed E-state index contributed by atoms with van der Waals surface area (Å²) in [6.45, 7) is 7.83. The molecule has 0 saturated heterocycles. The van der Waals surface area contributed by atoms with E-state index in [0.29, 0.717) is 5.56 Å². The van der Waals surface area contributed by atoms with E-state index in [1.165, 1.54) is 6.08 Å². The molecule has 0 fully saturated rings. The van der Waals surface area contributed by atoms with Gasteiger partial charge in [0.15, 0.2) is 0 Å². The molecule has 0 unspecified atom stereocenters. The van der Waals surface area contributed by atoms with Crippen LogP contribution in [0.3, 0.4) is 0 Å². The average molecular weight is 261 g/mol. The first-order chi connectivity index (χ1) is 8.75. The fourth-order valence-electron chi connectivity index (χ4n) is 1.57. The second-order valence-electron chi connectivity index (χ2n) is 5.29. The molecule has 0 spiro atoms. The van der Waals surface area contributed by atoms with Gasteiger partial charge in [-0.1, -0.05) is 39.0 Å². The van der Waals surface area contributed by atoms with Crippen LogP contribution in [0.5, 0.6) is 0 Å². The van der Waals surface area contributed by atoms with E-state index >= 15 is 0 Å². The van der Waals surface area contributed by atoms with E-state index in [0.717, 1.165) is 5.56 Å². The van der Waals surface area contributed by atoms with Gasteiger partial charge in [0.1, 0.15) is 5.70 Å². The number of hydrogen-bond donors (Lipinski definition) is 2. The van der Waals surface area contributed by atoms with Gasteiger partial charge < -0.3 is 10.4 Å². The molecule has 0 radical (unpaired) electrons. The second-order valence-corrected chi connectivity index (χ2v) is 5.29. The Labute approximate surface area is 113 Å². The second kappa shape index (κ2) is 5.69. The number of carbonyl (C=O) groups excluding carboxylic acids is 1. The third kappa shape index (κ3) is 3.95. The number of hydrogen-bond acceptors (Lipinski definition) is 2. The molecule has 4 nitrogen and oxygen atoms in total. The number of nitrogens with one attached hydrogen (secondary N) is 1. The fraction of sp³-hybridized carbons (Fsp3) is 0.333. The van der Waals surface area contributed by atoms with Crippen molar-refractivity contribution in [2.75, 3.05) is 0 Å². The maximum Gasteiger partial charge on any atom is 0.352 e. The van der Waals surface area contributed by atoms with Crippen LogP contribution in [-0.4, -0.2) is 17.0 Å². The van der Waals surface area contributed by atoms with Crippen LogP contribution >= 0.6 is 0 Å². The summed E-state index contributed by atoms with van der Waals surface area (Å²) in [5.41, 5.74) is 1.46. The molecule has 4 heteroatoms. The molecule has 19 heavy (non-hydrogen) atoms. The lowest BCUT2D eigenvalue weighted by molar-refractivity contribution is -0.133. The van der Waals surface area contributed by atoms with Crippen molar-refractivity contribution in [3.05, 3.63) is 47.2 Å². The number of aliphatic carboxylic acids is 1. The first kappa shape index (κ1) is 15.0. The summed E-state index contributed by atoms with van der Waals surface area (Å²) < 4.78 is 0. The maximum absolute atomic E-state index is 11.9. The van der Waals surface area contributed by atoms with Gasteiger partial charge in [-0.15, -0.1) is 0 Å². The Balaban J connectivity index is 2.88. The molecule has 1 amide bonds. The van der Waals surface area contributed by atoms with Crippen LogP contribution < -0.4 is 5.32 Å². The van der Waals surface area contributed by atoms with Crippen LogP contribution in [0.4, 0.5) is 0 Å². The van der Waals surface area contributed by atoms with E-state index in [4.69, 9.17) is 5.11 Å². The predicted molar refractivity (Wildman–Crippen MR) is 74.0 cm³/mol. The Morgan fingerprint density at radius 3 is 2.05 bits per heavy atom. The van der Waals surface area contributed by atoms with Crippen molar-refractivity contribution in [1.29, 1.82) is 0 Å². The normalized spacial score (nSPS) is 12.1. The van der Waals surface area contributed by atoms with Gasteiger partial charge in [0.25, 0.3) is 5.91 Å². The number of amides is 1. The van der Waals surface area contributed by atoms with Crippen molar-refractivity contribution in [3.8, 4) is 0 Å². The average Bonchev–Trinajstić information content (AvgIpc) is 2.34. The highest BCUT2D eigenvalue weighted by Gasteiger charge is 2.15. The summed E-state index contributed by atoms with van der Waals surface area (Å²) in [6, 6.07) is 7.16. The minimum atomic E-state index is -1.15. The van der Waals surface area contributed by atoms with Crippen molar-refractivity contribution in [1.82, 2.24) is 5.32 Å². The lowest BCUT2D eigenvalue weighted by Crippen LogP contribution is -2.27. The van der Waals surface area contributed by atoms with Crippen LogP contribution in [0, 0.1) is 0 Å². The number of carboxylic acid groups (broad SMARTS) is 1. The Kier molecular flexibility index (Phi) is 4.48. The van der Waals surface area contributed by atoms with E-state index in [1.807, 2.05) is 12.1 Å². The van der Waals surface area contributed by atoms with Crippen LogP contribution in [0.2, 0.25) is 0 Å². The number of carbonyl (C=O) groups is 2. The van der Waals surface area contributed by atoms with Gasteiger partial charge in [0.05, 0.1) is 0 Å². The quantitative estimate of drug-likeness (QED) is 0.822. The van der Waals surface area contributed by atoms with Gasteiger partial charge in [0.2, 0.25) is 0 Å². The molecule has 0 bridgehead atoms. The van der Waals surface area contributed by atoms with Gasteiger partial charge >= 0.3 is 5.97 Å². The van der Waals surface area contributed by atoms with Crippen LogP contribution in [0.1, 0.15) is 43.6 Å². The number of carboxylic acids is 1. The summed E-state index contributed by atoms with van der Waals surface area (Å²) in [5, 5.41) is 11.2. The van der Waals surface area contributed by atoms with Crippen LogP contribution in [-0.2, 0) is 10.2 Å². The van der Waals surface area contributed by atoms with Crippen molar-refractivity contribution in [3.63, 3.8) is 0 Å². The maximum atomic E-state index is 11.9. The van der Waals surface area contributed by atoms with Gasteiger partial charge in [-0.3, -0.25) is 4.79 Å². The van der Waals surface area contributed by atoms with Gasteiger partial charge in [-0.25, -0.2) is 4.79 Å². The first-order valence-corrected chi connectivity index (χ1v) is 6.07. The Bertz CT molecular complexity index is 507. The molecule has 1 aromatic rings. The standard InChI is InChI=1S/C15H19NO3/c1-5-12(14(18)19)16-13(17)10-6-8-11(9-7-10)15(2,3)4/h5-9H,1-4H3,(H,16,17)(H,18,19)/b12-5+. The minimum absolute atomic E-state index is 0.0184. The summed E-state index contributed by atoms with van der Waals surface area (Å²) in [7, 11) is 0. The third-order valence-corrected chi connectivity index (χ3v) is 2.78. The van der Waals surface area contributed by atoms with Crippen LogP contribution in [0.25, 0.3) is 0 Å². The van der Waals surface area contributed by atoms with Crippen LogP contribution in [0.15, 0.2) is 36.0 Å². The molecule has 0 heterocycles. The molecule has 0 aliphatic carbocycles. The molecular weight excluding hydrogens is 242 g/mol. The zero-order valence-corrected chi connectivity index (χ0v) is 11.7. The van der Waals surface area contributed by atoms with Gasteiger partial charge in [-0.05, 0) is 30.0 Å². The zero-order valence-electron chi connectivity index (χ0n) is 11.7. The highest BCUT2D eigenvalue weighted by molar-refractivity contribution is 6.00. The van der Waals surface area contributed by atoms with Crippen molar-refractivity contribution in [2.45, 2.75) is 33.1 Å². The highest BCUT2D eigenvalue weighted by atomic mass is 16.4. The highest BCUT2D eigenvalue weighted by Crippen LogP contribution is 2.22. The van der Waals surface area contributed by atoms with E-state index in [9.17, 15) is 9.59 Å². The summed E-state index contributed by atoms with van der Waals surface area (Å²) in [6.07, 6.45) is 1.35. The Hall–Kier alpha value is -2.10. The molecule has 0 aliphatic heterocycles. The molecule has 0 aromatic heterocycles. The molecule has 0 saturated carbocycles. The molecule has 2 N–H and O–H groups in total. The smallest absolute Gasteiger partial charge is 0.352 e. The Morgan fingerprint density at radius 1 is 1.16 bits per heavy atom. The van der Waals surface area contributed by atoms with E-state index in [-0.39, 0.29) is 11.1 Å². The lowest BCUT2D eigenvalue weighted by Gasteiger charge is -2.19. The minimum Gasteiger partial charge on any atom is -0.477 e. The number of benzene rings is 1. The van der Waals surface area contributed by atoms with E-state index in [2.05, 4.69) is 26.1 Å². The third-order valence-electron chi connectivity index (χ3n) is 2.78. The summed E-state index contributed by atoms with van der Waals surface area (Å²) >= 11 is 0. The zero-order chi connectivity index (χ0) is 14.6. The van der Waals surface area contributed by atoms with Crippen molar-refractivity contribution in [2.24, 2.45) is 0 Å². The van der Waals surface area contributed by atoms with Gasteiger partial charge in [-0.2, -0.15) is 0 Å². The van der Waals surface area contributed by atoms with E-state index < -0.39 is 11.9 Å². The summed E-state index contributed by atoms with van der Waals surface area (Å²) in [5.74, 6) is -1.57. The first-order valence-electron chi connectivity index (χ1n) is 6.07. The van der Waals surface area contributed by atoms with Crippen molar-refractivity contribution < 1.29 is 14.7 Å². The fourth-order valence-corrected chi connectivity index (χ4v) is 1.57. The lowest BCUT2D eigenvalue weighted by atomic mass is 9.87. The van der Waals surface area contributed by atoms with E-state index in [1.54, 1.807) is 19.1 Å². The SMILES string of the molecule is C/C=C(/NC(=O)c1ccc(C(C)(C)C)cc1)C(=O)O. The number of allylic oxidation sites excluding steroid dienone is 1. The largest absolute Gasteiger partial charge is 0.477 e. The monoisotopic (exact) mass is 261 g/mol. The number of rotatable bonds is 3. The Morgan fingerprint density at radius 2 is 1.68 bits per heavy atom. The molecule has 102 valence electrons. The molecule has 1 rings (SSSR count). The molecule has 0 atom stereocenters. The van der Waals surface area contributed by atoms with Crippen molar-refractivity contribution >= 4 is 11.9 Å². The topological polar surface area (TPSA) is 66.4 Å². The molecule has 1 aromatic carbocycles. The predicted octanol–water partition coefficient (Wildman–Crippen LogP) is 2.70.